The van der Waals surface area contributed by atoms with Crippen LogP contribution in [0.4, 0.5) is 49.1 Å². The van der Waals surface area contributed by atoms with Crippen LogP contribution in [-0.2, 0) is 31.9 Å². The molecule has 0 saturated heterocycles. The van der Waals surface area contributed by atoms with Crippen molar-refractivity contribution in [1.82, 2.24) is 9.55 Å². The van der Waals surface area contributed by atoms with E-state index in [-0.39, 0.29) is 43.3 Å². The van der Waals surface area contributed by atoms with Gasteiger partial charge in [-0.1, -0.05) is 108 Å². The molecule has 0 spiro atoms. The quantitative estimate of drug-likeness (QED) is 0.112. The molecule has 2 aromatic heterocycles. The molecular weight excluding hydrogens is 1130 g/mol. The molecule has 11 rings (SSSR count). The number of pyridine rings is 1. The molecule has 374 valence electrons. The van der Waals surface area contributed by atoms with Gasteiger partial charge < -0.3 is 19.1 Å². The summed E-state index contributed by atoms with van der Waals surface area (Å²) < 4.78 is 103. The molecule has 0 radical (unpaired) electrons. The zero-order chi connectivity index (χ0) is 51.1. The zero-order valence-corrected chi connectivity index (χ0v) is 43.1. The molecule has 12 heteroatoms. The average molecular weight is 1170 g/mol. The van der Waals surface area contributed by atoms with Crippen LogP contribution < -0.4 is 14.5 Å². The maximum atomic E-state index is 16.3. The summed E-state index contributed by atoms with van der Waals surface area (Å²) in [4.78, 5) is 8.18. The molecule has 0 fully saturated rings. The normalized spacial score (nSPS) is 12.6. The molecule has 5 nitrogen and oxygen atoms in total. The summed E-state index contributed by atoms with van der Waals surface area (Å²) in [6.45, 7) is 13.6. The van der Waals surface area contributed by atoms with Crippen LogP contribution >= 0.6 is 0 Å². The molecule has 8 aromatic carbocycles. The van der Waals surface area contributed by atoms with E-state index in [4.69, 9.17) is 9.72 Å². The number of ether oxygens (including phenoxy) is 1. The summed E-state index contributed by atoms with van der Waals surface area (Å²) in [5, 5.41) is 1.97. The molecule has 0 unspecified atom stereocenters. The molecule has 0 amide bonds. The number of benzene rings is 8. The van der Waals surface area contributed by atoms with Crippen molar-refractivity contribution in [3.05, 3.63) is 223 Å². The predicted molar refractivity (Wildman–Crippen MR) is 278 cm³/mol. The minimum Gasteiger partial charge on any atom is -0.509 e. The number of halogens is 6. The Morgan fingerprint density at radius 3 is 1.69 bits per heavy atom. The fraction of sp³-hybridized carbons (Fsp3) is 0.129. The van der Waals surface area contributed by atoms with Crippen LogP contribution in [0.5, 0.6) is 11.5 Å². The van der Waals surface area contributed by atoms with Crippen molar-refractivity contribution < 1.29 is 52.1 Å². The van der Waals surface area contributed by atoms with Crippen molar-refractivity contribution >= 4 is 44.6 Å². The van der Waals surface area contributed by atoms with Gasteiger partial charge in [0.25, 0.3) is 0 Å². The van der Waals surface area contributed by atoms with Crippen molar-refractivity contribution in [3.8, 4) is 50.7 Å². The van der Waals surface area contributed by atoms with Gasteiger partial charge in [0.1, 0.15) is 40.7 Å². The largest absolute Gasteiger partial charge is 0.509 e. The van der Waals surface area contributed by atoms with Gasteiger partial charge >= 0.3 is 0 Å². The van der Waals surface area contributed by atoms with E-state index in [1.54, 1.807) is 34.7 Å². The first-order valence-corrected chi connectivity index (χ1v) is 23.6. The van der Waals surface area contributed by atoms with Gasteiger partial charge in [-0.25, -0.2) is 31.3 Å². The van der Waals surface area contributed by atoms with Gasteiger partial charge in [0, 0.05) is 96.7 Å². The van der Waals surface area contributed by atoms with Gasteiger partial charge in [0.2, 0.25) is 0 Å². The van der Waals surface area contributed by atoms with Crippen molar-refractivity contribution in [2.75, 3.05) is 9.80 Å². The second kappa shape index (κ2) is 19.0. The smallest absolute Gasteiger partial charge is 0.136 e. The summed E-state index contributed by atoms with van der Waals surface area (Å²) in [7, 11) is 0. The molecule has 1 aliphatic rings. The van der Waals surface area contributed by atoms with Gasteiger partial charge in [-0.15, -0.1) is 53.6 Å². The fourth-order valence-electron chi connectivity index (χ4n) is 9.60. The second-order valence-corrected chi connectivity index (χ2v) is 20.2. The summed E-state index contributed by atoms with van der Waals surface area (Å²) in [5.74, 6) is -5.83. The Balaban J connectivity index is 0.00000626. The molecule has 3 heterocycles. The van der Waals surface area contributed by atoms with Crippen LogP contribution in [0.1, 0.15) is 52.7 Å². The maximum Gasteiger partial charge on any atom is 0.136 e. The SMILES string of the molecule is CC(C)(C)c1ccnc(-n2c3[c-]c(Oc4[c-]c(N5[CH-]N(c6c(-c7c(F)cc(F)cc7F)cc(C(C)(C)C)cc6-c6c(F)cc(F)cc6F)c6ccccc65)cc(-c5ccccc5)c4)ccc3c3ccccc32)c1.[Pt]. The Kier molecular flexibility index (Phi) is 12.8. The molecule has 0 bridgehead atoms. The summed E-state index contributed by atoms with van der Waals surface area (Å²) in [6, 6.07) is 48.9. The predicted octanol–water partition coefficient (Wildman–Crippen LogP) is 17.4. The van der Waals surface area contributed by atoms with E-state index in [0.717, 1.165) is 44.3 Å². The van der Waals surface area contributed by atoms with Crippen LogP contribution in [0.3, 0.4) is 0 Å². The summed E-state index contributed by atoms with van der Waals surface area (Å²) in [6.07, 6.45) is 1.82. The van der Waals surface area contributed by atoms with Crippen LogP contribution in [0.25, 0.3) is 61.0 Å². The number of aromatic nitrogens is 2. The van der Waals surface area contributed by atoms with Gasteiger partial charge in [0.15, 0.2) is 0 Å². The molecule has 1 aliphatic heterocycles. The minimum atomic E-state index is -1.24. The van der Waals surface area contributed by atoms with E-state index in [1.165, 1.54) is 12.1 Å². The number of hydrogen-bond donors (Lipinski definition) is 0. The van der Waals surface area contributed by atoms with Crippen molar-refractivity contribution in [3.63, 3.8) is 0 Å². The first-order valence-electron chi connectivity index (χ1n) is 23.6. The fourth-order valence-corrected chi connectivity index (χ4v) is 9.60. The van der Waals surface area contributed by atoms with Crippen molar-refractivity contribution in [2.45, 2.75) is 52.4 Å². The monoisotopic (exact) mass is 1170 g/mol. The van der Waals surface area contributed by atoms with E-state index in [9.17, 15) is 8.78 Å². The Hall–Kier alpha value is -7.62. The number of hydrogen-bond acceptors (Lipinski definition) is 4. The number of nitrogens with zero attached hydrogens (tertiary/aromatic N) is 4. The van der Waals surface area contributed by atoms with E-state index in [1.807, 2.05) is 106 Å². The molecule has 0 N–H and O–H groups in total. The van der Waals surface area contributed by atoms with Gasteiger partial charge in [-0.2, -0.15) is 6.07 Å². The minimum absolute atomic E-state index is 0. The molecule has 0 aliphatic carbocycles. The Bertz CT molecular complexity index is 3700. The number of para-hydroxylation sites is 3. The Labute approximate surface area is 439 Å². The third-order valence-electron chi connectivity index (χ3n) is 13.2. The van der Waals surface area contributed by atoms with E-state index in [2.05, 4.69) is 55.7 Å². The van der Waals surface area contributed by atoms with E-state index < -0.39 is 51.4 Å². The molecule has 10 aromatic rings. The van der Waals surface area contributed by atoms with Crippen LogP contribution in [-0.4, -0.2) is 9.55 Å². The number of anilines is 4. The van der Waals surface area contributed by atoms with E-state index >= 15 is 17.6 Å². The summed E-state index contributed by atoms with van der Waals surface area (Å²) in [5.41, 5.74) is 3.82. The standard InChI is InChI=1S/C62H45F6N4O.Pt/c1-61(2,3)38-22-23-69-57(28-38)72-53-17-11-10-16-45(53)46-21-20-43(34-56(46)72)73-44-25-37(36-14-8-7-9-15-36)24-42(33-44)70-35-71(55-19-13-12-18-54(55)70)60-47(58-49(65)29-40(63)30-50(58)66)26-39(62(4,5)6)27-48(60)59-51(67)31-41(64)32-52(59)68;/h7-32,35H,1-6H3;/q-3;. The van der Waals surface area contributed by atoms with Crippen LogP contribution in [0, 0.1) is 53.7 Å². The summed E-state index contributed by atoms with van der Waals surface area (Å²) >= 11 is 0. The van der Waals surface area contributed by atoms with Crippen LogP contribution in [0.15, 0.2) is 158 Å². The number of fused-ring (bicyclic) bond motifs is 4. The molecule has 0 saturated carbocycles. The first-order chi connectivity index (χ1) is 34.9. The number of rotatable bonds is 8. The zero-order valence-electron chi connectivity index (χ0n) is 40.9. The molecule has 74 heavy (non-hydrogen) atoms. The van der Waals surface area contributed by atoms with Crippen molar-refractivity contribution in [1.29, 1.82) is 0 Å². The van der Waals surface area contributed by atoms with Gasteiger partial charge in [-0.3, -0.25) is 0 Å². The van der Waals surface area contributed by atoms with Crippen molar-refractivity contribution in [2.24, 2.45) is 0 Å². The third kappa shape index (κ3) is 9.01. The first kappa shape index (κ1) is 49.9. The third-order valence-corrected chi connectivity index (χ3v) is 13.2. The van der Waals surface area contributed by atoms with E-state index in [0.29, 0.717) is 58.4 Å². The molecular formula is C62H45F6N4OPt-3. The maximum absolute atomic E-state index is 16.3. The van der Waals surface area contributed by atoms with Gasteiger partial charge in [0.05, 0.1) is 11.1 Å². The Morgan fingerprint density at radius 2 is 1.08 bits per heavy atom. The van der Waals surface area contributed by atoms with Gasteiger partial charge in [-0.05, 0) is 75.4 Å². The average Bonchev–Trinajstić information content (AvgIpc) is 3.90. The molecule has 0 atom stereocenters. The second-order valence-electron chi connectivity index (χ2n) is 20.2. The Morgan fingerprint density at radius 1 is 0.514 bits per heavy atom. The topological polar surface area (TPSA) is 33.5 Å². The van der Waals surface area contributed by atoms with Crippen LogP contribution in [0.2, 0.25) is 0 Å².